The van der Waals surface area contributed by atoms with E-state index in [1.165, 1.54) is 0 Å². The summed E-state index contributed by atoms with van der Waals surface area (Å²) in [5.74, 6) is 1.03. The number of aromatic nitrogens is 3. The molecule has 4 rings (SSSR count). The maximum Gasteiger partial charge on any atom is 0.244 e. The molecular weight excluding hydrogens is 318 g/mol. The number of para-hydroxylation sites is 1. The van der Waals surface area contributed by atoms with Crippen molar-refractivity contribution in [2.45, 2.75) is 32.0 Å². The van der Waals surface area contributed by atoms with Gasteiger partial charge in [0, 0.05) is 31.9 Å². The third kappa shape index (κ3) is 3.05. The number of rotatable bonds is 4. The van der Waals surface area contributed by atoms with Gasteiger partial charge in [-0.2, -0.15) is 0 Å². The standard InChI is InChI=1S/C18H23N5O2/c1-2-21-13-19-20-17(21)16-12-22(10-11-25-16)15-8-9-23(18(15)24)14-6-4-3-5-7-14/h3-7,13,15-16H,2,8-12H2,1H3. The first kappa shape index (κ1) is 16.2. The maximum atomic E-state index is 12.9. The number of aryl methyl sites for hydroxylation is 1. The summed E-state index contributed by atoms with van der Waals surface area (Å²) in [5.41, 5.74) is 0.977. The Labute approximate surface area is 147 Å². The van der Waals surface area contributed by atoms with Crippen LogP contribution in [0.25, 0.3) is 0 Å². The van der Waals surface area contributed by atoms with Gasteiger partial charge in [0.2, 0.25) is 5.91 Å². The Balaban J connectivity index is 1.48. The molecule has 1 aromatic carbocycles. The lowest BCUT2D eigenvalue weighted by Gasteiger charge is -2.35. The Bertz CT molecular complexity index is 732. The molecule has 1 aromatic heterocycles. The van der Waals surface area contributed by atoms with Crippen LogP contribution in [0.5, 0.6) is 0 Å². The summed E-state index contributed by atoms with van der Waals surface area (Å²) in [6, 6.07) is 9.82. The molecule has 132 valence electrons. The molecule has 0 radical (unpaired) electrons. The van der Waals surface area contributed by atoms with Gasteiger partial charge in [-0.25, -0.2) is 0 Å². The van der Waals surface area contributed by atoms with E-state index in [1.807, 2.05) is 39.8 Å². The SMILES string of the molecule is CCn1cnnc1C1CN(C2CCN(c3ccccc3)C2=O)CCO1. The molecule has 7 nitrogen and oxygen atoms in total. The van der Waals surface area contributed by atoms with E-state index < -0.39 is 0 Å². The molecule has 2 aliphatic heterocycles. The molecule has 0 bridgehead atoms. The molecule has 2 aliphatic rings. The number of ether oxygens (including phenoxy) is 1. The van der Waals surface area contributed by atoms with Crippen LogP contribution in [0.1, 0.15) is 25.3 Å². The summed E-state index contributed by atoms with van der Waals surface area (Å²) >= 11 is 0. The maximum absolute atomic E-state index is 12.9. The normalized spacial score (nSPS) is 24.8. The van der Waals surface area contributed by atoms with Gasteiger partial charge in [0.15, 0.2) is 5.82 Å². The summed E-state index contributed by atoms with van der Waals surface area (Å²) in [6.07, 6.45) is 2.45. The molecule has 1 amide bonds. The number of anilines is 1. The minimum absolute atomic E-state index is 0.0791. The lowest BCUT2D eigenvalue weighted by atomic mass is 10.1. The first-order valence-electron chi connectivity index (χ1n) is 8.87. The number of benzene rings is 1. The average molecular weight is 341 g/mol. The zero-order valence-electron chi connectivity index (χ0n) is 14.4. The van der Waals surface area contributed by atoms with Gasteiger partial charge in [0.25, 0.3) is 0 Å². The molecule has 0 spiro atoms. The molecule has 3 heterocycles. The Morgan fingerprint density at radius 3 is 2.88 bits per heavy atom. The van der Waals surface area contributed by atoms with Crippen molar-refractivity contribution >= 4 is 11.6 Å². The third-order valence-electron chi connectivity index (χ3n) is 5.06. The fraction of sp³-hybridized carbons (Fsp3) is 0.500. The Hall–Kier alpha value is -2.25. The molecule has 0 N–H and O–H groups in total. The van der Waals surface area contributed by atoms with Gasteiger partial charge in [0.1, 0.15) is 12.4 Å². The van der Waals surface area contributed by atoms with Crippen molar-refractivity contribution in [3.05, 3.63) is 42.5 Å². The van der Waals surface area contributed by atoms with E-state index in [0.717, 1.165) is 37.6 Å². The van der Waals surface area contributed by atoms with Crippen molar-refractivity contribution in [2.24, 2.45) is 0 Å². The number of amides is 1. The Morgan fingerprint density at radius 2 is 2.08 bits per heavy atom. The zero-order chi connectivity index (χ0) is 17.2. The summed E-state index contributed by atoms with van der Waals surface area (Å²) in [7, 11) is 0. The van der Waals surface area contributed by atoms with E-state index in [1.54, 1.807) is 6.33 Å². The van der Waals surface area contributed by atoms with E-state index in [2.05, 4.69) is 22.0 Å². The molecule has 25 heavy (non-hydrogen) atoms. The van der Waals surface area contributed by atoms with Gasteiger partial charge in [-0.1, -0.05) is 18.2 Å². The van der Waals surface area contributed by atoms with Crippen LogP contribution < -0.4 is 4.90 Å². The summed E-state index contributed by atoms with van der Waals surface area (Å²) < 4.78 is 7.91. The van der Waals surface area contributed by atoms with Crippen LogP contribution in [-0.2, 0) is 16.1 Å². The Morgan fingerprint density at radius 1 is 1.24 bits per heavy atom. The highest BCUT2D eigenvalue weighted by atomic mass is 16.5. The monoisotopic (exact) mass is 341 g/mol. The first-order chi connectivity index (χ1) is 12.3. The fourth-order valence-electron chi connectivity index (χ4n) is 3.73. The molecule has 7 heteroatoms. The molecular formula is C18H23N5O2. The van der Waals surface area contributed by atoms with E-state index in [-0.39, 0.29) is 18.1 Å². The highest BCUT2D eigenvalue weighted by molar-refractivity contribution is 5.99. The van der Waals surface area contributed by atoms with Gasteiger partial charge in [-0.05, 0) is 25.5 Å². The van der Waals surface area contributed by atoms with Crippen molar-refractivity contribution in [3.63, 3.8) is 0 Å². The third-order valence-corrected chi connectivity index (χ3v) is 5.06. The topological polar surface area (TPSA) is 63.5 Å². The van der Waals surface area contributed by atoms with Crippen LogP contribution in [0.2, 0.25) is 0 Å². The van der Waals surface area contributed by atoms with Crippen molar-refractivity contribution in [2.75, 3.05) is 31.1 Å². The summed E-state index contributed by atoms with van der Waals surface area (Å²) in [6.45, 7) is 5.70. The number of hydrogen-bond donors (Lipinski definition) is 0. The number of nitrogens with zero attached hydrogens (tertiary/aromatic N) is 5. The number of hydrogen-bond acceptors (Lipinski definition) is 5. The number of carbonyl (C=O) groups excluding carboxylic acids is 1. The van der Waals surface area contributed by atoms with E-state index in [9.17, 15) is 4.79 Å². The van der Waals surface area contributed by atoms with Crippen LogP contribution in [0.15, 0.2) is 36.7 Å². The molecule has 2 unspecified atom stereocenters. The molecule has 2 saturated heterocycles. The minimum Gasteiger partial charge on any atom is -0.368 e. The van der Waals surface area contributed by atoms with Crippen LogP contribution in [-0.4, -0.2) is 57.9 Å². The second-order valence-corrected chi connectivity index (χ2v) is 6.46. The highest BCUT2D eigenvalue weighted by Gasteiger charge is 2.39. The van der Waals surface area contributed by atoms with Gasteiger partial charge in [0.05, 0.1) is 12.6 Å². The average Bonchev–Trinajstić information content (AvgIpc) is 3.29. The quantitative estimate of drug-likeness (QED) is 0.843. The predicted molar refractivity (Wildman–Crippen MR) is 93.2 cm³/mol. The van der Waals surface area contributed by atoms with Gasteiger partial charge < -0.3 is 14.2 Å². The molecule has 0 saturated carbocycles. The van der Waals surface area contributed by atoms with Crippen molar-refractivity contribution in [3.8, 4) is 0 Å². The minimum atomic E-state index is -0.130. The highest BCUT2D eigenvalue weighted by Crippen LogP contribution is 2.28. The summed E-state index contributed by atoms with van der Waals surface area (Å²) in [5, 5.41) is 8.22. The van der Waals surface area contributed by atoms with Crippen molar-refractivity contribution in [1.82, 2.24) is 19.7 Å². The van der Waals surface area contributed by atoms with E-state index in [4.69, 9.17) is 4.74 Å². The van der Waals surface area contributed by atoms with Crippen molar-refractivity contribution < 1.29 is 9.53 Å². The second-order valence-electron chi connectivity index (χ2n) is 6.46. The lowest BCUT2D eigenvalue weighted by molar-refractivity contribution is -0.125. The predicted octanol–water partition coefficient (Wildman–Crippen LogP) is 1.48. The first-order valence-corrected chi connectivity index (χ1v) is 8.87. The van der Waals surface area contributed by atoms with Crippen LogP contribution >= 0.6 is 0 Å². The Kier molecular flexibility index (Phi) is 4.50. The van der Waals surface area contributed by atoms with Gasteiger partial charge in [-0.3, -0.25) is 9.69 Å². The van der Waals surface area contributed by atoms with Crippen LogP contribution in [0, 0.1) is 0 Å². The number of morpholine rings is 1. The van der Waals surface area contributed by atoms with E-state index >= 15 is 0 Å². The zero-order valence-corrected chi connectivity index (χ0v) is 14.4. The molecule has 2 fully saturated rings. The number of carbonyl (C=O) groups is 1. The fourth-order valence-corrected chi connectivity index (χ4v) is 3.73. The lowest BCUT2D eigenvalue weighted by Crippen LogP contribution is -2.48. The molecule has 2 atom stereocenters. The smallest absolute Gasteiger partial charge is 0.244 e. The molecule has 2 aromatic rings. The van der Waals surface area contributed by atoms with Crippen LogP contribution in [0.3, 0.4) is 0 Å². The van der Waals surface area contributed by atoms with Gasteiger partial charge in [-0.15, -0.1) is 10.2 Å². The van der Waals surface area contributed by atoms with Gasteiger partial charge >= 0.3 is 0 Å². The van der Waals surface area contributed by atoms with Crippen molar-refractivity contribution in [1.29, 1.82) is 0 Å². The molecule has 0 aliphatic carbocycles. The van der Waals surface area contributed by atoms with E-state index in [0.29, 0.717) is 13.2 Å². The second kappa shape index (κ2) is 6.93. The summed E-state index contributed by atoms with van der Waals surface area (Å²) in [4.78, 5) is 17.1. The largest absolute Gasteiger partial charge is 0.368 e. The van der Waals surface area contributed by atoms with Crippen LogP contribution in [0.4, 0.5) is 5.69 Å².